The molecule has 1 heterocycles. The molecule has 0 aliphatic rings. The third kappa shape index (κ3) is 2.47. The van der Waals surface area contributed by atoms with Crippen LogP contribution in [0.15, 0.2) is 54.9 Å². The zero-order chi connectivity index (χ0) is 13.9. The molecule has 0 bridgehead atoms. The van der Waals surface area contributed by atoms with Crippen LogP contribution in [-0.2, 0) is 7.05 Å². The molecule has 5 nitrogen and oxygen atoms in total. The summed E-state index contributed by atoms with van der Waals surface area (Å²) >= 11 is 0. The molecule has 0 spiro atoms. The second-order valence-electron chi connectivity index (χ2n) is 4.50. The molecule has 3 rings (SSSR count). The monoisotopic (exact) mass is 266 g/mol. The predicted molar refractivity (Wildman–Crippen MR) is 79.8 cm³/mol. The van der Waals surface area contributed by atoms with Gasteiger partial charge in [0.15, 0.2) is 0 Å². The van der Waals surface area contributed by atoms with Gasteiger partial charge in [0.2, 0.25) is 0 Å². The Hall–Kier alpha value is -2.82. The number of aryl methyl sites for hydroxylation is 1. The molecule has 2 amide bonds. The molecule has 2 aromatic carbocycles. The number of anilines is 2. The summed E-state index contributed by atoms with van der Waals surface area (Å²) in [7, 11) is 1.94. The first-order valence-corrected chi connectivity index (χ1v) is 6.26. The number of hydrogen-bond acceptors (Lipinski definition) is 2. The minimum atomic E-state index is -0.272. The van der Waals surface area contributed by atoms with Crippen LogP contribution in [0.1, 0.15) is 0 Å². The van der Waals surface area contributed by atoms with Crippen LogP contribution in [0.2, 0.25) is 0 Å². The van der Waals surface area contributed by atoms with E-state index in [2.05, 4.69) is 15.6 Å². The van der Waals surface area contributed by atoms with Gasteiger partial charge in [-0.2, -0.15) is 0 Å². The summed E-state index contributed by atoms with van der Waals surface area (Å²) in [6, 6.07) is 14.7. The van der Waals surface area contributed by atoms with Crippen molar-refractivity contribution in [2.24, 2.45) is 7.05 Å². The molecule has 0 atom stereocenters. The topological polar surface area (TPSA) is 59.0 Å². The van der Waals surface area contributed by atoms with Gasteiger partial charge in [-0.15, -0.1) is 0 Å². The summed E-state index contributed by atoms with van der Waals surface area (Å²) in [5.74, 6) is 0. The normalized spacial score (nSPS) is 10.4. The van der Waals surface area contributed by atoms with Crippen molar-refractivity contribution >= 4 is 28.4 Å². The maximum atomic E-state index is 11.9. The van der Waals surface area contributed by atoms with Gasteiger partial charge in [0, 0.05) is 18.4 Å². The number of rotatable bonds is 2. The molecule has 3 aromatic rings. The van der Waals surface area contributed by atoms with Gasteiger partial charge in [-0.25, -0.2) is 9.78 Å². The number of imidazole rings is 1. The number of amides is 2. The van der Waals surface area contributed by atoms with Crippen LogP contribution in [0.4, 0.5) is 16.2 Å². The molecular weight excluding hydrogens is 252 g/mol. The quantitative estimate of drug-likeness (QED) is 0.748. The lowest BCUT2D eigenvalue weighted by molar-refractivity contribution is 0.262. The lowest BCUT2D eigenvalue weighted by atomic mass is 10.2. The van der Waals surface area contributed by atoms with Gasteiger partial charge in [0.05, 0.1) is 17.4 Å². The number of nitrogens with zero attached hydrogens (tertiary/aromatic N) is 2. The van der Waals surface area contributed by atoms with Crippen molar-refractivity contribution < 1.29 is 4.79 Å². The van der Waals surface area contributed by atoms with Gasteiger partial charge >= 0.3 is 6.03 Å². The van der Waals surface area contributed by atoms with Crippen molar-refractivity contribution in [3.8, 4) is 0 Å². The number of fused-ring (bicyclic) bond motifs is 1. The molecule has 0 aliphatic heterocycles. The first-order chi connectivity index (χ1) is 9.72. The van der Waals surface area contributed by atoms with Crippen molar-refractivity contribution in [3.63, 3.8) is 0 Å². The fraction of sp³-hybridized carbons (Fsp3) is 0.0667. The van der Waals surface area contributed by atoms with E-state index in [9.17, 15) is 4.79 Å². The molecular formula is C15H14N4O. The van der Waals surface area contributed by atoms with Crippen LogP contribution in [0, 0.1) is 0 Å². The maximum absolute atomic E-state index is 11.9. The lowest BCUT2D eigenvalue weighted by Gasteiger charge is -2.07. The fourth-order valence-corrected chi connectivity index (χ4v) is 2.03. The third-order valence-electron chi connectivity index (χ3n) is 3.01. The van der Waals surface area contributed by atoms with Crippen molar-refractivity contribution in [1.29, 1.82) is 0 Å². The number of benzene rings is 2. The summed E-state index contributed by atoms with van der Waals surface area (Å²) in [5, 5.41) is 5.56. The highest BCUT2D eigenvalue weighted by atomic mass is 16.2. The van der Waals surface area contributed by atoms with Gasteiger partial charge in [-0.1, -0.05) is 18.2 Å². The first-order valence-electron chi connectivity index (χ1n) is 6.26. The lowest BCUT2D eigenvalue weighted by Crippen LogP contribution is -2.19. The Balaban J connectivity index is 1.74. The number of urea groups is 1. The summed E-state index contributed by atoms with van der Waals surface area (Å²) in [4.78, 5) is 16.1. The molecule has 0 radical (unpaired) electrons. The van der Waals surface area contributed by atoms with E-state index in [0.29, 0.717) is 5.69 Å². The van der Waals surface area contributed by atoms with E-state index in [1.807, 2.05) is 60.1 Å². The fourth-order valence-electron chi connectivity index (χ4n) is 2.03. The summed E-state index contributed by atoms with van der Waals surface area (Å²) in [6.45, 7) is 0. The van der Waals surface area contributed by atoms with E-state index in [0.717, 1.165) is 16.7 Å². The van der Waals surface area contributed by atoms with Crippen molar-refractivity contribution in [2.45, 2.75) is 0 Å². The average Bonchev–Trinajstić information content (AvgIpc) is 2.81. The number of nitrogens with one attached hydrogen (secondary N) is 2. The maximum Gasteiger partial charge on any atom is 0.323 e. The average molecular weight is 266 g/mol. The van der Waals surface area contributed by atoms with Crippen LogP contribution < -0.4 is 10.6 Å². The molecule has 0 aliphatic carbocycles. The molecule has 0 unspecified atom stereocenters. The van der Waals surface area contributed by atoms with Gasteiger partial charge < -0.3 is 15.2 Å². The predicted octanol–water partition coefficient (Wildman–Crippen LogP) is 3.22. The Morgan fingerprint density at radius 3 is 2.60 bits per heavy atom. The molecule has 1 aromatic heterocycles. The standard InChI is InChI=1S/C15H14N4O/c1-19-10-16-13-9-12(7-8-14(13)19)18-15(20)17-11-5-3-2-4-6-11/h2-10H,1H3,(H2,17,18,20). The third-order valence-corrected chi connectivity index (χ3v) is 3.01. The number of carbonyl (C=O) groups excluding carboxylic acids is 1. The van der Waals surface area contributed by atoms with Crippen LogP contribution in [0.5, 0.6) is 0 Å². The van der Waals surface area contributed by atoms with Crippen LogP contribution in [0.25, 0.3) is 11.0 Å². The summed E-state index contributed by atoms with van der Waals surface area (Å²) < 4.78 is 1.93. The van der Waals surface area contributed by atoms with E-state index in [-0.39, 0.29) is 6.03 Å². The molecule has 5 heteroatoms. The summed E-state index contributed by atoms with van der Waals surface area (Å²) in [6.07, 6.45) is 1.75. The Morgan fingerprint density at radius 2 is 1.80 bits per heavy atom. The molecule has 100 valence electrons. The largest absolute Gasteiger partial charge is 0.334 e. The Kier molecular flexibility index (Phi) is 3.09. The Bertz CT molecular complexity index is 749. The van der Waals surface area contributed by atoms with Gasteiger partial charge in [0.1, 0.15) is 0 Å². The van der Waals surface area contributed by atoms with Gasteiger partial charge in [-0.3, -0.25) is 0 Å². The van der Waals surface area contributed by atoms with E-state index in [1.165, 1.54) is 0 Å². The second kappa shape index (κ2) is 5.05. The molecule has 0 saturated carbocycles. The molecule has 20 heavy (non-hydrogen) atoms. The van der Waals surface area contributed by atoms with Crippen molar-refractivity contribution in [2.75, 3.05) is 10.6 Å². The van der Waals surface area contributed by atoms with E-state index >= 15 is 0 Å². The smallest absolute Gasteiger partial charge is 0.323 e. The minimum absolute atomic E-state index is 0.272. The van der Waals surface area contributed by atoms with Crippen molar-refractivity contribution in [3.05, 3.63) is 54.9 Å². The van der Waals surface area contributed by atoms with Crippen molar-refractivity contribution in [1.82, 2.24) is 9.55 Å². The Morgan fingerprint density at radius 1 is 1.05 bits per heavy atom. The molecule has 0 fully saturated rings. The second-order valence-corrected chi connectivity index (χ2v) is 4.50. The molecule has 0 saturated heterocycles. The number of hydrogen-bond donors (Lipinski definition) is 2. The zero-order valence-electron chi connectivity index (χ0n) is 11.0. The SMILES string of the molecule is Cn1cnc2cc(NC(=O)Nc3ccccc3)ccc21. The highest BCUT2D eigenvalue weighted by Crippen LogP contribution is 2.17. The van der Waals surface area contributed by atoms with E-state index in [4.69, 9.17) is 0 Å². The van der Waals surface area contributed by atoms with Crippen LogP contribution in [-0.4, -0.2) is 15.6 Å². The van der Waals surface area contributed by atoms with E-state index in [1.54, 1.807) is 6.33 Å². The number of aromatic nitrogens is 2. The van der Waals surface area contributed by atoms with Crippen LogP contribution >= 0.6 is 0 Å². The first kappa shape index (κ1) is 12.2. The zero-order valence-corrected chi connectivity index (χ0v) is 11.0. The summed E-state index contributed by atoms with van der Waals surface area (Å²) in [5.41, 5.74) is 3.34. The van der Waals surface area contributed by atoms with Gasteiger partial charge in [-0.05, 0) is 30.3 Å². The van der Waals surface area contributed by atoms with Crippen LogP contribution in [0.3, 0.4) is 0 Å². The highest BCUT2D eigenvalue weighted by molar-refractivity contribution is 6.00. The van der Waals surface area contributed by atoms with E-state index < -0.39 is 0 Å². The van der Waals surface area contributed by atoms with Gasteiger partial charge in [0.25, 0.3) is 0 Å². The minimum Gasteiger partial charge on any atom is -0.334 e. The number of para-hydroxylation sites is 1. The Labute approximate surface area is 116 Å². The highest BCUT2D eigenvalue weighted by Gasteiger charge is 2.05. The number of carbonyl (C=O) groups is 1. The molecule has 2 N–H and O–H groups in total.